The Labute approximate surface area is 70.5 Å². The molecule has 0 N–H and O–H groups in total. The molecule has 0 spiro atoms. The van der Waals surface area contributed by atoms with Crippen LogP contribution in [0.5, 0.6) is 11.5 Å². The fourth-order valence-electron chi connectivity index (χ4n) is 1.26. The van der Waals surface area contributed by atoms with Gasteiger partial charge in [0.05, 0.1) is 0 Å². The largest absolute Gasteiger partial charge is 0.486 e. The van der Waals surface area contributed by atoms with E-state index in [1.807, 2.05) is 0 Å². The van der Waals surface area contributed by atoms with Crippen LogP contribution in [0.1, 0.15) is 4.88 Å². The van der Waals surface area contributed by atoms with E-state index in [0.29, 0.717) is 13.2 Å². The molecule has 2 heterocycles. The predicted octanol–water partition coefficient (Wildman–Crippen LogP) is 0.0861. The molecule has 4 heteroatoms. The molecule has 0 aliphatic carbocycles. The van der Waals surface area contributed by atoms with Crippen molar-refractivity contribution >= 4 is 24.0 Å². The summed E-state index contributed by atoms with van der Waals surface area (Å²) in [5.41, 5.74) is 0. The molecule has 58 valence electrons. The van der Waals surface area contributed by atoms with Crippen molar-refractivity contribution in [2.45, 2.75) is 6.92 Å². The highest BCUT2D eigenvalue weighted by Crippen LogP contribution is 2.35. The van der Waals surface area contributed by atoms with Crippen LogP contribution in [0, 0.1) is 6.92 Å². The quantitative estimate of drug-likeness (QED) is 0.511. The fraction of sp³-hybridized carbons (Fsp3) is 0.429. The van der Waals surface area contributed by atoms with Gasteiger partial charge >= 0.3 is 0 Å². The van der Waals surface area contributed by atoms with E-state index < -0.39 is 0 Å². The minimum Gasteiger partial charge on any atom is -0.486 e. The Bertz CT molecular complexity index is 256. The highest BCUT2D eigenvalue weighted by molar-refractivity contribution is 7.20. The van der Waals surface area contributed by atoms with E-state index >= 15 is 0 Å². The number of rotatable bonds is 0. The zero-order chi connectivity index (χ0) is 7.84. The van der Waals surface area contributed by atoms with Crippen LogP contribution in [-0.2, 0) is 0 Å². The zero-order valence-electron chi connectivity index (χ0n) is 6.64. The molecule has 1 aliphatic heterocycles. The van der Waals surface area contributed by atoms with E-state index in [2.05, 4.69) is 14.8 Å². The summed E-state index contributed by atoms with van der Waals surface area (Å²) >= 11 is 1.74. The lowest BCUT2D eigenvalue weighted by atomic mass is 10.1. The van der Waals surface area contributed by atoms with Crippen molar-refractivity contribution in [2.75, 3.05) is 13.2 Å². The first kappa shape index (κ1) is 7.04. The third-order valence-electron chi connectivity index (χ3n) is 1.73. The first-order chi connectivity index (χ1) is 5.29. The molecule has 1 aromatic rings. The van der Waals surface area contributed by atoms with Crippen LogP contribution in [0.2, 0.25) is 0 Å². The molecule has 0 aromatic carbocycles. The Kier molecular flexibility index (Phi) is 1.57. The molecule has 0 unspecified atom stereocenters. The number of ether oxygens (including phenoxy) is 2. The summed E-state index contributed by atoms with van der Waals surface area (Å²) in [5.74, 6) is 1.91. The van der Waals surface area contributed by atoms with E-state index in [4.69, 9.17) is 9.47 Å². The van der Waals surface area contributed by atoms with Gasteiger partial charge in [0.25, 0.3) is 0 Å². The van der Waals surface area contributed by atoms with Crippen molar-refractivity contribution in [1.82, 2.24) is 0 Å². The van der Waals surface area contributed by atoms with Gasteiger partial charge in [0.15, 0.2) is 19.3 Å². The van der Waals surface area contributed by atoms with Gasteiger partial charge in [-0.15, -0.1) is 11.3 Å². The lowest BCUT2D eigenvalue weighted by molar-refractivity contribution is 0.174. The Morgan fingerprint density at radius 3 is 2.55 bits per heavy atom. The monoisotopic (exact) mass is 168 g/mol. The van der Waals surface area contributed by atoms with Crippen LogP contribution in [-0.4, -0.2) is 21.1 Å². The van der Waals surface area contributed by atoms with E-state index in [1.54, 1.807) is 11.3 Å². The minimum atomic E-state index is 0.685. The van der Waals surface area contributed by atoms with Gasteiger partial charge in [-0.25, -0.2) is 0 Å². The molecule has 11 heavy (non-hydrogen) atoms. The third kappa shape index (κ3) is 1.02. The molecule has 0 amide bonds. The van der Waals surface area contributed by atoms with Crippen LogP contribution >= 0.6 is 11.3 Å². The minimum absolute atomic E-state index is 0.685. The third-order valence-corrected chi connectivity index (χ3v) is 2.71. The second-order valence-corrected chi connectivity index (χ2v) is 4.00. The van der Waals surface area contributed by atoms with E-state index in [-0.39, 0.29) is 0 Å². The molecule has 0 fully saturated rings. The van der Waals surface area contributed by atoms with Gasteiger partial charge in [-0.05, 0) is 6.92 Å². The molecule has 0 radical (unpaired) electrons. The second-order valence-electron chi connectivity index (χ2n) is 2.57. The highest BCUT2D eigenvalue weighted by atomic mass is 32.1. The first-order valence-electron chi connectivity index (χ1n) is 3.64. The molecule has 2 rings (SSSR count). The van der Waals surface area contributed by atoms with Crippen molar-refractivity contribution in [3.63, 3.8) is 0 Å². The van der Waals surface area contributed by atoms with E-state index in [1.165, 1.54) is 9.65 Å². The standard InChI is InChI=1S/C7H9BO2S/c1-4-5-6(7(8)11-4)10-3-2-9-5/h2-3,8H2,1H3. The van der Waals surface area contributed by atoms with E-state index in [9.17, 15) is 0 Å². The summed E-state index contributed by atoms with van der Waals surface area (Å²) < 4.78 is 12.1. The smallest absolute Gasteiger partial charge is 0.174 e. The Morgan fingerprint density at radius 2 is 1.91 bits per heavy atom. The highest BCUT2D eigenvalue weighted by Gasteiger charge is 2.18. The molecule has 1 aromatic heterocycles. The van der Waals surface area contributed by atoms with E-state index in [0.717, 1.165) is 11.5 Å². The molecule has 0 bridgehead atoms. The maximum Gasteiger partial charge on any atom is 0.174 e. The SMILES string of the molecule is Bc1sc(C)c2c1OCCO2. The van der Waals surface area contributed by atoms with Crippen molar-refractivity contribution in [2.24, 2.45) is 0 Å². The summed E-state index contributed by atoms with van der Waals surface area (Å²) in [5, 5.41) is 0. The molecule has 0 saturated carbocycles. The average Bonchev–Trinajstić information content (AvgIpc) is 2.30. The zero-order valence-corrected chi connectivity index (χ0v) is 7.46. The molecule has 0 saturated heterocycles. The number of aryl methyl sites for hydroxylation is 1. The van der Waals surface area contributed by atoms with Crippen LogP contribution in [0.25, 0.3) is 0 Å². The number of thiophene rings is 1. The second kappa shape index (κ2) is 2.45. The van der Waals surface area contributed by atoms with Gasteiger partial charge in [-0.3, -0.25) is 0 Å². The Morgan fingerprint density at radius 1 is 1.27 bits per heavy atom. The summed E-state index contributed by atoms with van der Waals surface area (Å²) in [4.78, 5) is 1.22. The van der Waals surface area contributed by atoms with Crippen molar-refractivity contribution < 1.29 is 9.47 Å². The number of fused-ring (bicyclic) bond motifs is 1. The number of hydrogen-bond donors (Lipinski definition) is 0. The molecule has 2 nitrogen and oxygen atoms in total. The van der Waals surface area contributed by atoms with Gasteiger partial charge in [-0.1, -0.05) is 0 Å². The van der Waals surface area contributed by atoms with Crippen molar-refractivity contribution in [1.29, 1.82) is 0 Å². The van der Waals surface area contributed by atoms with Crippen molar-refractivity contribution in [3.8, 4) is 11.5 Å². The van der Waals surface area contributed by atoms with Gasteiger partial charge in [0.1, 0.15) is 13.2 Å². The van der Waals surface area contributed by atoms with Crippen LogP contribution in [0.15, 0.2) is 0 Å². The van der Waals surface area contributed by atoms with Gasteiger partial charge in [0.2, 0.25) is 0 Å². The van der Waals surface area contributed by atoms with Gasteiger partial charge < -0.3 is 9.47 Å². The first-order valence-corrected chi connectivity index (χ1v) is 4.46. The maximum atomic E-state index is 5.46. The summed E-state index contributed by atoms with van der Waals surface area (Å²) in [6.07, 6.45) is 0. The summed E-state index contributed by atoms with van der Waals surface area (Å²) in [7, 11) is 2.06. The van der Waals surface area contributed by atoms with Crippen LogP contribution in [0.3, 0.4) is 0 Å². The average molecular weight is 168 g/mol. The van der Waals surface area contributed by atoms with Crippen LogP contribution in [0.4, 0.5) is 0 Å². The van der Waals surface area contributed by atoms with Crippen LogP contribution < -0.4 is 14.3 Å². The predicted molar refractivity (Wildman–Crippen MR) is 48.2 cm³/mol. The number of hydrogen-bond acceptors (Lipinski definition) is 3. The topological polar surface area (TPSA) is 18.5 Å². The normalized spacial score (nSPS) is 15.0. The summed E-state index contributed by atoms with van der Waals surface area (Å²) in [6, 6.07) is 0. The van der Waals surface area contributed by atoms with Crippen molar-refractivity contribution in [3.05, 3.63) is 4.88 Å². The molecule has 0 atom stereocenters. The Hall–Kier alpha value is -0.635. The molecule has 1 aliphatic rings. The molecular weight excluding hydrogens is 159 g/mol. The van der Waals surface area contributed by atoms with Gasteiger partial charge in [-0.2, -0.15) is 0 Å². The lowest BCUT2D eigenvalue weighted by Gasteiger charge is -2.16. The lowest BCUT2D eigenvalue weighted by Crippen LogP contribution is -2.17. The fourth-order valence-corrected chi connectivity index (χ4v) is 2.21. The Balaban J connectivity index is 2.52. The van der Waals surface area contributed by atoms with Gasteiger partial charge in [0, 0.05) is 9.65 Å². The molecular formula is C7H9BO2S. The summed E-state index contributed by atoms with van der Waals surface area (Å²) in [6.45, 7) is 3.43. The maximum absolute atomic E-state index is 5.46.